The summed E-state index contributed by atoms with van der Waals surface area (Å²) in [6.07, 6.45) is 5.96. The molecule has 4 atom stereocenters. The molecule has 4 nitrogen and oxygen atoms in total. The van der Waals surface area contributed by atoms with E-state index in [1.807, 2.05) is 12.1 Å². The van der Waals surface area contributed by atoms with Gasteiger partial charge in [-0.25, -0.2) is 9.18 Å². The molecule has 4 rings (SSSR count). The molecule has 5 heteroatoms. The van der Waals surface area contributed by atoms with Gasteiger partial charge in [-0.1, -0.05) is 19.1 Å². The van der Waals surface area contributed by atoms with Crippen molar-refractivity contribution in [3.63, 3.8) is 0 Å². The largest absolute Gasteiger partial charge is 0.396 e. The zero-order valence-electron chi connectivity index (χ0n) is 14.7. The summed E-state index contributed by atoms with van der Waals surface area (Å²) in [4.78, 5) is 14.9. The zero-order chi connectivity index (χ0) is 17.6. The number of hydrogen-bond donors (Lipinski definition) is 2. The molecule has 2 N–H and O–H groups in total. The summed E-state index contributed by atoms with van der Waals surface area (Å²) in [5.41, 5.74) is 1.00. The van der Waals surface area contributed by atoms with Crippen LogP contribution in [-0.2, 0) is 5.41 Å². The predicted molar refractivity (Wildman–Crippen MR) is 93.8 cm³/mol. The van der Waals surface area contributed by atoms with Crippen molar-refractivity contribution in [1.82, 2.24) is 10.2 Å². The zero-order valence-corrected chi connectivity index (χ0v) is 14.7. The van der Waals surface area contributed by atoms with Gasteiger partial charge in [0.25, 0.3) is 0 Å². The fourth-order valence-electron chi connectivity index (χ4n) is 4.99. The topological polar surface area (TPSA) is 52.6 Å². The van der Waals surface area contributed by atoms with Gasteiger partial charge in [-0.2, -0.15) is 0 Å². The van der Waals surface area contributed by atoms with Crippen molar-refractivity contribution in [1.29, 1.82) is 0 Å². The number of amides is 2. The first kappa shape index (κ1) is 16.8. The molecule has 1 aliphatic carbocycles. The lowest BCUT2D eigenvalue weighted by Crippen LogP contribution is -2.52. The number of halogens is 1. The molecule has 0 radical (unpaired) electrons. The van der Waals surface area contributed by atoms with Crippen molar-refractivity contribution in [2.75, 3.05) is 6.61 Å². The van der Waals surface area contributed by atoms with E-state index < -0.39 is 0 Å². The highest BCUT2D eigenvalue weighted by Crippen LogP contribution is 2.48. The van der Waals surface area contributed by atoms with Crippen LogP contribution in [0.5, 0.6) is 0 Å². The van der Waals surface area contributed by atoms with Crippen LogP contribution < -0.4 is 5.32 Å². The van der Waals surface area contributed by atoms with Crippen LogP contribution in [-0.4, -0.2) is 40.8 Å². The molecule has 2 amide bonds. The van der Waals surface area contributed by atoms with E-state index in [2.05, 4.69) is 17.1 Å². The van der Waals surface area contributed by atoms with Gasteiger partial charge < -0.3 is 15.3 Å². The van der Waals surface area contributed by atoms with Gasteiger partial charge >= 0.3 is 6.03 Å². The van der Waals surface area contributed by atoms with Crippen LogP contribution in [0.15, 0.2) is 24.3 Å². The van der Waals surface area contributed by atoms with E-state index in [-0.39, 0.29) is 29.9 Å². The van der Waals surface area contributed by atoms with Crippen molar-refractivity contribution in [2.45, 2.75) is 69.0 Å². The van der Waals surface area contributed by atoms with Gasteiger partial charge in [0, 0.05) is 30.1 Å². The van der Waals surface area contributed by atoms with Gasteiger partial charge in [0.1, 0.15) is 5.82 Å². The third-order valence-electron chi connectivity index (χ3n) is 6.64. The van der Waals surface area contributed by atoms with Gasteiger partial charge in [0.05, 0.1) is 0 Å². The second-order valence-corrected chi connectivity index (χ2v) is 8.27. The first-order chi connectivity index (χ1) is 12.0. The van der Waals surface area contributed by atoms with Crippen molar-refractivity contribution < 1.29 is 14.3 Å². The quantitative estimate of drug-likeness (QED) is 0.880. The normalized spacial score (nSPS) is 36.4. The number of nitrogens with zero attached hydrogens (tertiary/aromatic N) is 1. The number of hydrogen-bond acceptors (Lipinski definition) is 2. The number of urea groups is 1. The monoisotopic (exact) mass is 346 g/mol. The number of carbonyl (C=O) groups excluding carboxylic acids is 1. The summed E-state index contributed by atoms with van der Waals surface area (Å²) >= 11 is 0. The molecule has 136 valence electrons. The van der Waals surface area contributed by atoms with Crippen LogP contribution in [0.25, 0.3) is 0 Å². The standard InChI is InChI=1S/C20H27FN2O2/c1-20(14-2-4-15(21)5-3-14)12-18(20)22-19(25)23-16-6-7-17(23)11-13(10-16)8-9-24/h2-5,13,16-18,24H,6-12H2,1H3,(H,22,25). The summed E-state index contributed by atoms with van der Waals surface area (Å²) in [6, 6.07) is 7.47. The Morgan fingerprint density at radius 1 is 1.28 bits per heavy atom. The molecule has 3 fully saturated rings. The Morgan fingerprint density at radius 3 is 2.52 bits per heavy atom. The van der Waals surface area contributed by atoms with E-state index >= 15 is 0 Å². The second-order valence-electron chi connectivity index (χ2n) is 8.27. The minimum absolute atomic E-state index is 0.0609. The maximum atomic E-state index is 13.1. The molecule has 3 aliphatic rings. The smallest absolute Gasteiger partial charge is 0.318 e. The predicted octanol–water partition coefficient (Wildman–Crippen LogP) is 3.19. The Hall–Kier alpha value is -1.62. The Morgan fingerprint density at radius 2 is 1.92 bits per heavy atom. The minimum atomic E-state index is -0.226. The van der Waals surface area contributed by atoms with Crippen molar-refractivity contribution >= 4 is 6.03 Å². The van der Waals surface area contributed by atoms with E-state index in [1.165, 1.54) is 12.1 Å². The molecule has 2 saturated heterocycles. The van der Waals surface area contributed by atoms with E-state index in [4.69, 9.17) is 0 Å². The van der Waals surface area contributed by atoms with Crippen molar-refractivity contribution in [2.24, 2.45) is 5.92 Å². The molecule has 1 aromatic rings. The summed E-state index contributed by atoms with van der Waals surface area (Å²) in [7, 11) is 0. The Kier molecular flexibility index (Phi) is 4.22. The van der Waals surface area contributed by atoms with Gasteiger partial charge in [-0.05, 0) is 62.1 Å². The van der Waals surface area contributed by atoms with E-state index in [1.54, 1.807) is 0 Å². The maximum Gasteiger partial charge on any atom is 0.318 e. The summed E-state index contributed by atoms with van der Waals surface area (Å²) in [6.45, 7) is 2.38. The van der Waals surface area contributed by atoms with Crippen LogP contribution >= 0.6 is 0 Å². The molecule has 0 aromatic heterocycles. The van der Waals surface area contributed by atoms with Gasteiger partial charge in [0.15, 0.2) is 0 Å². The van der Waals surface area contributed by atoms with Crippen LogP contribution in [0.2, 0.25) is 0 Å². The molecular weight excluding hydrogens is 319 g/mol. The van der Waals surface area contributed by atoms with Gasteiger partial charge in [-0.3, -0.25) is 0 Å². The van der Waals surface area contributed by atoms with Crippen molar-refractivity contribution in [3.05, 3.63) is 35.6 Å². The molecular formula is C20H27FN2O2. The highest BCUT2D eigenvalue weighted by Gasteiger charge is 2.53. The van der Waals surface area contributed by atoms with Crippen LogP contribution in [0.1, 0.15) is 51.0 Å². The molecule has 4 unspecified atom stereocenters. The highest BCUT2D eigenvalue weighted by atomic mass is 19.1. The number of rotatable bonds is 4. The number of fused-ring (bicyclic) bond motifs is 2. The number of nitrogens with one attached hydrogen (secondary N) is 1. The van der Waals surface area contributed by atoms with Crippen LogP contribution in [0.3, 0.4) is 0 Å². The summed E-state index contributed by atoms with van der Waals surface area (Å²) in [5.74, 6) is 0.327. The molecule has 2 heterocycles. The lowest BCUT2D eigenvalue weighted by molar-refractivity contribution is 0.109. The summed E-state index contributed by atoms with van der Waals surface area (Å²) in [5, 5.41) is 12.4. The SMILES string of the molecule is CC1(c2ccc(F)cc2)CC1NC(=O)N1C2CCC1CC(CCO)C2. The van der Waals surface area contributed by atoms with E-state index in [0.717, 1.165) is 44.1 Å². The number of carbonyl (C=O) groups is 1. The lowest BCUT2D eigenvalue weighted by atomic mass is 9.88. The number of piperidine rings is 1. The van der Waals surface area contributed by atoms with E-state index in [9.17, 15) is 14.3 Å². The second kappa shape index (κ2) is 6.27. The van der Waals surface area contributed by atoms with Crippen LogP contribution in [0, 0.1) is 11.7 Å². The Labute approximate surface area is 148 Å². The minimum Gasteiger partial charge on any atom is -0.396 e. The number of aliphatic hydroxyl groups is 1. The number of aliphatic hydroxyl groups excluding tert-OH is 1. The molecule has 2 bridgehead atoms. The third kappa shape index (κ3) is 3.03. The first-order valence-corrected chi connectivity index (χ1v) is 9.47. The fourth-order valence-corrected chi connectivity index (χ4v) is 4.99. The molecule has 1 aromatic carbocycles. The fraction of sp³-hybridized carbons (Fsp3) is 0.650. The molecule has 25 heavy (non-hydrogen) atoms. The number of benzene rings is 1. The Bertz CT molecular complexity index is 636. The van der Waals surface area contributed by atoms with Crippen molar-refractivity contribution in [3.8, 4) is 0 Å². The van der Waals surface area contributed by atoms with Gasteiger partial charge in [-0.15, -0.1) is 0 Å². The van der Waals surface area contributed by atoms with Gasteiger partial charge in [0.2, 0.25) is 0 Å². The van der Waals surface area contributed by atoms with Crippen LogP contribution in [0.4, 0.5) is 9.18 Å². The average Bonchev–Trinajstić information content (AvgIpc) is 3.15. The molecule has 2 aliphatic heterocycles. The Balaban J connectivity index is 1.38. The third-order valence-corrected chi connectivity index (χ3v) is 6.64. The van der Waals surface area contributed by atoms with E-state index in [0.29, 0.717) is 18.0 Å². The summed E-state index contributed by atoms with van der Waals surface area (Å²) < 4.78 is 13.1. The molecule has 0 spiro atoms. The lowest BCUT2D eigenvalue weighted by Gasteiger charge is -2.39. The molecule has 1 saturated carbocycles. The highest BCUT2D eigenvalue weighted by molar-refractivity contribution is 5.76. The first-order valence-electron chi connectivity index (χ1n) is 9.47. The average molecular weight is 346 g/mol. The maximum absolute atomic E-state index is 13.1.